The molecule has 2 atom stereocenters. The molecule has 2 fully saturated rings. The van der Waals surface area contributed by atoms with Gasteiger partial charge in [-0.05, 0) is 37.0 Å². The zero-order valence-corrected chi connectivity index (χ0v) is 13.1. The van der Waals surface area contributed by atoms with Crippen molar-refractivity contribution in [3.8, 4) is 0 Å². The van der Waals surface area contributed by atoms with Gasteiger partial charge in [0.05, 0.1) is 0 Å². The second-order valence-electron chi connectivity index (χ2n) is 6.62. The number of nitrogens with zero attached hydrogens (tertiary/aromatic N) is 2. The van der Waals surface area contributed by atoms with E-state index in [1.165, 1.54) is 50.1 Å². The Hall–Kier alpha value is -1.80. The van der Waals surface area contributed by atoms with Crippen molar-refractivity contribution in [2.24, 2.45) is 0 Å². The van der Waals surface area contributed by atoms with Crippen LogP contribution in [0.5, 0.6) is 0 Å². The minimum absolute atomic E-state index is 0.705. The molecule has 2 heteroatoms. The number of fused-ring (bicyclic) bond motifs is 2. The summed E-state index contributed by atoms with van der Waals surface area (Å²) in [6.07, 6.45) is 3.87. The molecular weight excluding hydrogens is 268 g/mol. The second kappa shape index (κ2) is 6.13. The molecule has 2 bridgehead atoms. The molecule has 0 spiro atoms. The maximum Gasteiger partial charge on any atom is 0.0421 e. The third-order valence-electron chi connectivity index (χ3n) is 5.17. The molecule has 2 heterocycles. The van der Waals surface area contributed by atoms with Gasteiger partial charge in [-0.1, -0.05) is 48.5 Å². The average Bonchev–Trinajstić information content (AvgIpc) is 2.85. The second-order valence-corrected chi connectivity index (χ2v) is 6.62. The third-order valence-corrected chi connectivity index (χ3v) is 5.17. The Balaban J connectivity index is 1.40. The van der Waals surface area contributed by atoms with Crippen molar-refractivity contribution in [3.63, 3.8) is 0 Å². The maximum absolute atomic E-state index is 2.68. The van der Waals surface area contributed by atoms with E-state index in [4.69, 9.17) is 0 Å². The number of piperazine rings is 1. The largest absolute Gasteiger partial charge is 0.363 e. The Morgan fingerprint density at radius 2 is 1.36 bits per heavy atom. The molecule has 2 nitrogen and oxygen atoms in total. The van der Waals surface area contributed by atoms with E-state index in [-0.39, 0.29) is 0 Å². The highest BCUT2D eigenvalue weighted by Crippen LogP contribution is 2.34. The quantitative estimate of drug-likeness (QED) is 0.850. The minimum atomic E-state index is 0.705. The molecule has 0 aromatic heterocycles. The lowest BCUT2D eigenvalue weighted by Gasteiger charge is -2.42. The average molecular weight is 292 g/mol. The molecule has 2 aromatic carbocycles. The van der Waals surface area contributed by atoms with Gasteiger partial charge in [-0.3, -0.25) is 4.90 Å². The van der Waals surface area contributed by atoms with Crippen LogP contribution < -0.4 is 4.90 Å². The Kier molecular flexibility index (Phi) is 3.86. The molecule has 0 radical (unpaired) electrons. The van der Waals surface area contributed by atoms with Gasteiger partial charge in [-0.25, -0.2) is 0 Å². The van der Waals surface area contributed by atoms with Crippen LogP contribution in [0.3, 0.4) is 0 Å². The van der Waals surface area contributed by atoms with Crippen LogP contribution in [0.4, 0.5) is 5.69 Å². The summed E-state index contributed by atoms with van der Waals surface area (Å²) in [6.45, 7) is 3.64. The zero-order chi connectivity index (χ0) is 14.8. The first kappa shape index (κ1) is 13.8. The number of hydrogen-bond donors (Lipinski definition) is 0. The molecule has 2 aromatic rings. The number of anilines is 1. The van der Waals surface area contributed by atoms with Crippen LogP contribution in [0.15, 0.2) is 60.7 Å². The van der Waals surface area contributed by atoms with Crippen LogP contribution in [-0.4, -0.2) is 36.6 Å². The highest BCUT2D eigenvalue weighted by Gasteiger charge is 2.39. The van der Waals surface area contributed by atoms with Crippen LogP contribution in [0, 0.1) is 0 Å². The van der Waals surface area contributed by atoms with Crippen molar-refractivity contribution in [2.45, 2.75) is 31.3 Å². The highest BCUT2D eigenvalue weighted by atomic mass is 15.3. The van der Waals surface area contributed by atoms with E-state index in [1.807, 2.05) is 0 Å². The van der Waals surface area contributed by atoms with Gasteiger partial charge < -0.3 is 4.90 Å². The standard InChI is InChI=1S/C20H24N2/c1-3-7-17(8-4-1)13-14-21-15-19-11-12-20(16-21)22(19)18-9-5-2-6-10-18/h1-10,19-20H,11-16H2/t19-,20+. The number of para-hydroxylation sites is 1. The van der Waals surface area contributed by atoms with Gasteiger partial charge in [0, 0.05) is 37.4 Å². The molecule has 0 aliphatic carbocycles. The smallest absolute Gasteiger partial charge is 0.0421 e. The molecule has 4 rings (SSSR count). The Morgan fingerprint density at radius 1 is 0.773 bits per heavy atom. The number of rotatable bonds is 4. The van der Waals surface area contributed by atoms with E-state index in [0.717, 1.165) is 0 Å². The lowest BCUT2D eigenvalue weighted by molar-refractivity contribution is 0.222. The summed E-state index contributed by atoms with van der Waals surface area (Å²) in [7, 11) is 0. The molecule has 22 heavy (non-hydrogen) atoms. The van der Waals surface area contributed by atoms with Crippen molar-refractivity contribution in [3.05, 3.63) is 66.2 Å². The monoisotopic (exact) mass is 292 g/mol. The van der Waals surface area contributed by atoms with E-state index < -0.39 is 0 Å². The van der Waals surface area contributed by atoms with E-state index in [0.29, 0.717) is 12.1 Å². The summed E-state index contributed by atoms with van der Waals surface area (Å²) >= 11 is 0. The van der Waals surface area contributed by atoms with Crippen molar-refractivity contribution in [1.82, 2.24) is 4.90 Å². The molecule has 0 saturated carbocycles. The van der Waals surface area contributed by atoms with Gasteiger partial charge in [-0.2, -0.15) is 0 Å². The van der Waals surface area contributed by atoms with Crippen LogP contribution in [0.2, 0.25) is 0 Å². The van der Waals surface area contributed by atoms with Crippen molar-refractivity contribution in [2.75, 3.05) is 24.5 Å². The lowest BCUT2D eigenvalue weighted by Crippen LogP contribution is -2.54. The summed E-state index contributed by atoms with van der Waals surface area (Å²) in [5.41, 5.74) is 2.87. The molecule has 0 amide bonds. The normalized spacial score (nSPS) is 24.6. The van der Waals surface area contributed by atoms with Gasteiger partial charge in [0.1, 0.15) is 0 Å². The summed E-state index contributed by atoms with van der Waals surface area (Å²) in [6, 6.07) is 23.3. The predicted molar refractivity (Wildman–Crippen MR) is 92.3 cm³/mol. The highest BCUT2D eigenvalue weighted by molar-refractivity contribution is 5.50. The molecule has 2 aliphatic heterocycles. The van der Waals surface area contributed by atoms with E-state index >= 15 is 0 Å². The first-order valence-electron chi connectivity index (χ1n) is 8.50. The molecule has 114 valence electrons. The van der Waals surface area contributed by atoms with Crippen LogP contribution in [0.25, 0.3) is 0 Å². The molecule has 0 N–H and O–H groups in total. The van der Waals surface area contributed by atoms with E-state index in [2.05, 4.69) is 70.5 Å². The maximum atomic E-state index is 2.68. The first-order chi connectivity index (χ1) is 10.9. The van der Waals surface area contributed by atoms with Crippen molar-refractivity contribution < 1.29 is 0 Å². The fourth-order valence-corrected chi connectivity index (χ4v) is 4.13. The fraction of sp³-hybridized carbons (Fsp3) is 0.400. The van der Waals surface area contributed by atoms with Gasteiger partial charge in [0.25, 0.3) is 0 Å². The van der Waals surface area contributed by atoms with Crippen LogP contribution in [0.1, 0.15) is 18.4 Å². The van der Waals surface area contributed by atoms with Gasteiger partial charge in [0.2, 0.25) is 0 Å². The van der Waals surface area contributed by atoms with Gasteiger partial charge in [-0.15, -0.1) is 0 Å². The van der Waals surface area contributed by atoms with Crippen LogP contribution >= 0.6 is 0 Å². The SMILES string of the molecule is c1ccc(CCN2C[C@H]3CC[C@@H](C2)N3c2ccccc2)cc1. The van der Waals surface area contributed by atoms with Gasteiger partial charge >= 0.3 is 0 Å². The first-order valence-corrected chi connectivity index (χ1v) is 8.50. The predicted octanol–water partition coefficient (Wildman–Crippen LogP) is 3.58. The molecule has 2 aliphatic rings. The topological polar surface area (TPSA) is 6.48 Å². The minimum Gasteiger partial charge on any atom is -0.363 e. The van der Waals surface area contributed by atoms with Gasteiger partial charge in [0.15, 0.2) is 0 Å². The lowest BCUT2D eigenvalue weighted by atomic mass is 10.1. The van der Waals surface area contributed by atoms with Crippen molar-refractivity contribution in [1.29, 1.82) is 0 Å². The Bertz CT molecular complexity index is 582. The Morgan fingerprint density at radius 3 is 2.00 bits per heavy atom. The number of benzene rings is 2. The fourth-order valence-electron chi connectivity index (χ4n) is 4.13. The molecule has 0 unspecified atom stereocenters. The summed E-state index contributed by atoms with van der Waals surface area (Å²) < 4.78 is 0. The zero-order valence-electron chi connectivity index (χ0n) is 13.1. The Labute approximate surface area is 133 Å². The van der Waals surface area contributed by atoms with Crippen LogP contribution in [-0.2, 0) is 6.42 Å². The number of hydrogen-bond acceptors (Lipinski definition) is 2. The van der Waals surface area contributed by atoms with E-state index in [9.17, 15) is 0 Å². The molecular formula is C20H24N2. The van der Waals surface area contributed by atoms with Crippen molar-refractivity contribution >= 4 is 5.69 Å². The third kappa shape index (κ3) is 2.76. The summed E-state index contributed by atoms with van der Waals surface area (Å²) in [5, 5.41) is 0. The molecule has 2 saturated heterocycles. The van der Waals surface area contributed by atoms with E-state index in [1.54, 1.807) is 0 Å². The summed E-state index contributed by atoms with van der Waals surface area (Å²) in [4.78, 5) is 5.35. The summed E-state index contributed by atoms with van der Waals surface area (Å²) in [5.74, 6) is 0. The number of likely N-dealkylation sites (tertiary alicyclic amines) is 1.